The molecule has 0 amide bonds. The smallest absolute Gasteiger partial charge is 0.311 e. The van der Waals surface area contributed by atoms with Gasteiger partial charge in [-0.1, -0.05) is 41.9 Å². The molecule has 0 fully saturated rings. The van der Waals surface area contributed by atoms with Crippen molar-refractivity contribution in [1.29, 1.82) is 5.26 Å². The van der Waals surface area contributed by atoms with Gasteiger partial charge in [-0.2, -0.15) is 5.26 Å². The molecule has 0 aliphatic rings. The number of hydrogen-bond acceptors (Lipinski definition) is 5. The molecule has 3 aromatic rings. The molecular formula is C26H22ClNO4. The molecule has 0 radical (unpaired) electrons. The van der Waals surface area contributed by atoms with Crippen molar-refractivity contribution in [1.82, 2.24) is 0 Å². The number of benzene rings is 3. The second-order valence-electron chi connectivity index (χ2n) is 6.91. The molecule has 0 heterocycles. The van der Waals surface area contributed by atoms with Gasteiger partial charge in [0.15, 0.2) is 11.5 Å². The standard InChI is InChI=1S/C26H22ClNO4/c1-30-23-11-3-18(4-12-23)6-14-26(29)32-24-13-5-19(16-25(24)31-2)15-21(17-28)20-7-9-22(27)10-8-20/h3-5,7-13,15-16H,6,14H2,1-2H3/b21-15+. The topological polar surface area (TPSA) is 68.5 Å². The summed E-state index contributed by atoms with van der Waals surface area (Å²) in [5.74, 6) is 1.14. The van der Waals surface area contributed by atoms with Crippen LogP contribution in [0.25, 0.3) is 11.6 Å². The van der Waals surface area contributed by atoms with Crippen LogP contribution >= 0.6 is 11.6 Å². The number of carbonyl (C=O) groups excluding carboxylic acids is 1. The zero-order chi connectivity index (χ0) is 22.9. The second-order valence-corrected chi connectivity index (χ2v) is 7.35. The molecule has 32 heavy (non-hydrogen) atoms. The molecule has 0 unspecified atom stereocenters. The van der Waals surface area contributed by atoms with Crippen molar-refractivity contribution in [3.05, 3.63) is 88.4 Å². The Morgan fingerprint density at radius 2 is 1.69 bits per heavy atom. The predicted octanol–water partition coefficient (Wildman–Crippen LogP) is 5.96. The lowest BCUT2D eigenvalue weighted by atomic mass is 10.0. The van der Waals surface area contributed by atoms with E-state index in [4.69, 9.17) is 25.8 Å². The van der Waals surface area contributed by atoms with Crippen LogP contribution in [0.15, 0.2) is 66.7 Å². The van der Waals surface area contributed by atoms with Crippen LogP contribution in [0.4, 0.5) is 0 Å². The number of halogens is 1. The summed E-state index contributed by atoms with van der Waals surface area (Å²) in [5, 5.41) is 10.1. The molecule has 0 atom stereocenters. The predicted molar refractivity (Wildman–Crippen MR) is 125 cm³/mol. The summed E-state index contributed by atoms with van der Waals surface area (Å²) < 4.78 is 16.0. The summed E-state index contributed by atoms with van der Waals surface area (Å²) in [6.45, 7) is 0. The lowest BCUT2D eigenvalue weighted by Crippen LogP contribution is -2.10. The highest BCUT2D eigenvalue weighted by atomic mass is 35.5. The van der Waals surface area contributed by atoms with Gasteiger partial charge >= 0.3 is 5.97 Å². The first-order valence-electron chi connectivity index (χ1n) is 9.91. The third kappa shape index (κ3) is 6.13. The normalized spacial score (nSPS) is 10.9. The molecule has 5 nitrogen and oxygen atoms in total. The fourth-order valence-electron chi connectivity index (χ4n) is 3.05. The summed E-state index contributed by atoms with van der Waals surface area (Å²) in [6, 6.07) is 21.9. The van der Waals surface area contributed by atoms with Gasteiger partial charge in [-0.15, -0.1) is 0 Å². The van der Waals surface area contributed by atoms with E-state index >= 15 is 0 Å². The average Bonchev–Trinajstić information content (AvgIpc) is 2.83. The Morgan fingerprint density at radius 3 is 2.31 bits per heavy atom. The molecule has 0 spiro atoms. The summed E-state index contributed by atoms with van der Waals surface area (Å²) in [6.07, 6.45) is 2.52. The minimum Gasteiger partial charge on any atom is -0.497 e. The first kappa shape index (κ1) is 22.9. The first-order valence-corrected chi connectivity index (χ1v) is 10.3. The van der Waals surface area contributed by atoms with E-state index in [1.807, 2.05) is 24.3 Å². The molecule has 0 bridgehead atoms. The lowest BCUT2D eigenvalue weighted by Gasteiger charge is -2.10. The van der Waals surface area contributed by atoms with E-state index in [-0.39, 0.29) is 12.4 Å². The minimum absolute atomic E-state index is 0.228. The largest absolute Gasteiger partial charge is 0.497 e. The Labute approximate surface area is 192 Å². The number of esters is 1. The summed E-state index contributed by atoms with van der Waals surface area (Å²) in [4.78, 5) is 12.3. The number of ether oxygens (including phenoxy) is 3. The molecule has 162 valence electrons. The van der Waals surface area contributed by atoms with Crippen LogP contribution < -0.4 is 14.2 Å². The number of rotatable bonds is 8. The number of nitrogens with zero attached hydrogens (tertiary/aromatic N) is 1. The van der Waals surface area contributed by atoms with Crippen molar-refractivity contribution in [2.45, 2.75) is 12.8 Å². The van der Waals surface area contributed by atoms with Crippen molar-refractivity contribution in [2.75, 3.05) is 14.2 Å². The van der Waals surface area contributed by atoms with E-state index in [0.717, 1.165) is 22.4 Å². The van der Waals surface area contributed by atoms with E-state index in [0.29, 0.717) is 28.5 Å². The number of aryl methyl sites for hydroxylation is 1. The third-order valence-electron chi connectivity index (χ3n) is 4.78. The highest BCUT2D eigenvalue weighted by Gasteiger charge is 2.12. The van der Waals surface area contributed by atoms with Gasteiger partial charge in [0.1, 0.15) is 5.75 Å². The van der Waals surface area contributed by atoms with E-state index < -0.39 is 0 Å². The van der Waals surface area contributed by atoms with Crippen LogP contribution in [0.3, 0.4) is 0 Å². The Hall–Kier alpha value is -3.75. The first-order chi connectivity index (χ1) is 15.5. The highest BCUT2D eigenvalue weighted by molar-refractivity contribution is 6.30. The molecule has 0 aliphatic carbocycles. The minimum atomic E-state index is -0.360. The molecule has 0 aliphatic heterocycles. The van der Waals surface area contributed by atoms with Crippen LogP contribution in [-0.4, -0.2) is 20.2 Å². The van der Waals surface area contributed by atoms with Crippen LogP contribution in [-0.2, 0) is 11.2 Å². The van der Waals surface area contributed by atoms with Gasteiger partial charge in [0, 0.05) is 11.4 Å². The van der Waals surface area contributed by atoms with Crippen molar-refractivity contribution in [2.24, 2.45) is 0 Å². The van der Waals surface area contributed by atoms with Crippen molar-refractivity contribution >= 4 is 29.2 Å². The molecule has 3 rings (SSSR count). The lowest BCUT2D eigenvalue weighted by molar-refractivity contribution is -0.134. The molecule has 0 saturated heterocycles. The van der Waals surface area contributed by atoms with Gasteiger partial charge in [0.25, 0.3) is 0 Å². The number of hydrogen-bond donors (Lipinski definition) is 0. The van der Waals surface area contributed by atoms with Crippen LogP contribution in [0, 0.1) is 11.3 Å². The Kier molecular flexibility index (Phi) is 7.91. The summed E-state index contributed by atoms with van der Waals surface area (Å²) >= 11 is 5.92. The van der Waals surface area contributed by atoms with E-state index in [1.54, 1.807) is 55.7 Å². The SMILES string of the molecule is COc1ccc(CCC(=O)Oc2ccc(/C=C(\C#N)c3ccc(Cl)cc3)cc2OC)cc1. The summed E-state index contributed by atoms with van der Waals surface area (Å²) in [7, 11) is 3.11. The number of nitriles is 1. The maximum absolute atomic E-state index is 12.3. The van der Waals surface area contributed by atoms with Crippen LogP contribution in [0.1, 0.15) is 23.1 Å². The number of carbonyl (C=O) groups is 1. The monoisotopic (exact) mass is 447 g/mol. The molecule has 0 saturated carbocycles. The fourth-order valence-corrected chi connectivity index (χ4v) is 3.17. The van der Waals surface area contributed by atoms with Gasteiger partial charge in [0.05, 0.1) is 25.9 Å². The van der Waals surface area contributed by atoms with Gasteiger partial charge < -0.3 is 14.2 Å². The van der Waals surface area contributed by atoms with Crippen molar-refractivity contribution in [3.8, 4) is 23.3 Å². The molecule has 6 heteroatoms. The molecular weight excluding hydrogens is 426 g/mol. The zero-order valence-electron chi connectivity index (χ0n) is 17.8. The Balaban J connectivity index is 1.69. The summed E-state index contributed by atoms with van der Waals surface area (Å²) in [5.41, 5.74) is 2.99. The van der Waals surface area contributed by atoms with E-state index in [1.165, 1.54) is 7.11 Å². The molecule has 0 N–H and O–H groups in total. The Morgan fingerprint density at radius 1 is 0.969 bits per heavy atom. The maximum Gasteiger partial charge on any atom is 0.311 e. The highest BCUT2D eigenvalue weighted by Crippen LogP contribution is 2.30. The van der Waals surface area contributed by atoms with Gasteiger partial charge in [0.2, 0.25) is 0 Å². The number of allylic oxidation sites excluding steroid dienone is 1. The Bertz CT molecular complexity index is 1150. The van der Waals surface area contributed by atoms with E-state index in [9.17, 15) is 10.1 Å². The number of methoxy groups -OCH3 is 2. The average molecular weight is 448 g/mol. The fraction of sp³-hybridized carbons (Fsp3) is 0.154. The zero-order valence-corrected chi connectivity index (χ0v) is 18.6. The van der Waals surface area contributed by atoms with Crippen LogP contribution in [0.5, 0.6) is 17.2 Å². The second kappa shape index (κ2) is 11.0. The van der Waals surface area contributed by atoms with E-state index in [2.05, 4.69) is 6.07 Å². The van der Waals surface area contributed by atoms with Gasteiger partial charge in [-0.25, -0.2) is 0 Å². The maximum atomic E-state index is 12.3. The van der Waals surface area contributed by atoms with Crippen molar-refractivity contribution in [3.63, 3.8) is 0 Å². The van der Waals surface area contributed by atoms with Gasteiger partial charge in [-0.05, 0) is 65.6 Å². The third-order valence-corrected chi connectivity index (χ3v) is 5.03. The van der Waals surface area contributed by atoms with Crippen molar-refractivity contribution < 1.29 is 19.0 Å². The van der Waals surface area contributed by atoms with Crippen LogP contribution in [0.2, 0.25) is 5.02 Å². The quantitative estimate of drug-likeness (QED) is 0.184. The molecule has 3 aromatic carbocycles. The molecule has 0 aromatic heterocycles. The van der Waals surface area contributed by atoms with Gasteiger partial charge in [-0.3, -0.25) is 4.79 Å².